The molecule has 1 fully saturated rings. The third-order valence-corrected chi connectivity index (χ3v) is 5.57. The van der Waals surface area contributed by atoms with Gasteiger partial charge in [-0.15, -0.1) is 0 Å². The molecule has 4 N–H and O–H groups in total. The van der Waals surface area contributed by atoms with Crippen LogP contribution in [0.5, 0.6) is 5.75 Å². The van der Waals surface area contributed by atoms with Gasteiger partial charge in [-0.3, -0.25) is 4.79 Å². The standard InChI is InChI=1S/C22H22N2O4/c23-22(27)15-6-8-24(9-7-15)13-16-10-21(26)28-20-12-17(19(25)11-18(16)20)14-4-2-1-3-5-14/h1-5,10-12,15,25H,6-9,13H2,(H2,23,27)/p+1. The Morgan fingerprint density at radius 2 is 1.86 bits per heavy atom. The zero-order chi connectivity index (χ0) is 19.7. The summed E-state index contributed by atoms with van der Waals surface area (Å²) < 4.78 is 5.42. The molecule has 2 aromatic carbocycles. The first-order chi connectivity index (χ1) is 13.5. The van der Waals surface area contributed by atoms with E-state index in [9.17, 15) is 14.7 Å². The van der Waals surface area contributed by atoms with Crippen molar-refractivity contribution in [3.8, 4) is 16.9 Å². The maximum Gasteiger partial charge on any atom is 0.336 e. The van der Waals surface area contributed by atoms with Gasteiger partial charge in [0.05, 0.1) is 13.1 Å². The van der Waals surface area contributed by atoms with E-state index in [4.69, 9.17) is 10.2 Å². The average molecular weight is 379 g/mol. The molecule has 1 aliphatic rings. The lowest BCUT2D eigenvalue weighted by atomic mass is 9.95. The zero-order valence-electron chi connectivity index (χ0n) is 15.5. The fourth-order valence-electron chi connectivity index (χ4n) is 4.01. The molecule has 1 aliphatic heterocycles. The van der Waals surface area contributed by atoms with Crippen molar-refractivity contribution < 1.29 is 19.2 Å². The van der Waals surface area contributed by atoms with Crippen LogP contribution >= 0.6 is 0 Å². The Kier molecular flexibility index (Phi) is 4.88. The monoisotopic (exact) mass is 379 g/mol. The number of hydrogen-bond donors (Lipinski definition) is 3. The second-order valence-corrected chi connectivity index (χ2v) is 7.43. The summed E-state index contributed by atoms with van der Waals surface area (Å²) in [6, 6.07) is 14.4. The summed E-state index contributed by atoms with van der Waals surface area (Å²) in [4.78, 5) is 24.8. The van der Waals surface area contributed by atoms with Gasteiger partial charge in [0.25, 0.3) is 0 Å². The van der Waals surface area contributed by atoms with Crippen molar-refractivity contribution in [1.29, 1.82) is 0 Å². The molecule has 144 valence electrons. The molecule has 0 saturated carbocycles. The van der Waals surface area contributed by atoms with Crippen LogP contribution in [0.15, 0.2) is 57.7 Å². The van der Waals surface area contributed by atoms with E-state index in [1.807, 2.05) is 30.3 Å². The first-order valence-corrected chi connectivity index (χ1v) is 9.49. The third-order valence-electron chi connectivity index (χ3n) is 5.57. The van der Waals surface area contributed by atoms with Crippen molar-refractivity contribution in [2.75, 3.05) is 13.1 Å². The Bertz CT molecular complexity index is 1070. The molecular formula is C22H23N2O4+. The van der Waals surface area contributed by atoms with Gasteiger partial charge in [-0.05, 0) is 17.7 Å². The largest absolute Gasteiger partial charge is 0.507 e. The number of fused-ring (bicyclic) bond motifs is 1. The SMILES string of the molecule is NC(=O)C1CC[NH+](Cc2cc(=O)oc3cc(-c4ccccc4)c(O)cc23)CC1. The number of phenolic OH excluding ortho intramolecular Hbond substituents is 1. The number of nitrogens with one attached hydrogen (secondary N) is 1. The summed E-state index contributed by atoms with van der Waals surface area (Å²) in [6.45, 7) is 2.28. The number of quaternary nitrogens is 1. The summed E-state index contributed by atoms with van der Waals surface area (Å²) in [5.74, 6) is -0.140. The van der Waals surface area contributed by atoms with E-state index < -0.39 is 5.63 Å². The minimum absolute atomic E-state index is 0.0567. The second-order valence-electron chi connectivity index (χ2n) is 7.43. The number of carbonyl (C=O) groups is 1. The van der Waals surface area contributed by atoms with Gasteiger partial charge >= 0.3 is 5.63 Å². The second kappa shape index (κ2) is 7.48. The number of phenols is 1. The highest BCUT2D eigenvalue weighted by atomic mass is 16.4. The Labute approximate surface area is 162 Å². The van der Waals surface area contributed by atoms with Crippen LogP contribution < -0.4 is 16.3 Å². The number of primary amides is 1. The van der Waals surface area contributed by atoms with Crippen molar-refractivity contribution in [3.63, 3.8) is 0 Å². The van der Waals surface area contributed by atoms with Gasteiger partial charge in [0.15, 0.2) is 0 Å². The van der Waals surface area contributed by atoms with E-state index in [-0.39, 0.29) is 17.6 Å². The predicted octanol–water partition coefficient (Wildman–Crippen LogP) is 1.45. The maximum absolute atomic E-state index is 12.1. The lowest BCUT2D eigenvalue weighted by Crippen LogP contribution is -3.11. The van der Waals surface area contributed by atoms with Crippen LogP contribution in [-0.2, 0) is 11.3 Å². The van der Waals surface area contributed by atoms with Crippen LogP contribution in [0.3, 0.4) is 0 Å². The molecule has 3 aromatic rings. The molecule has 6 heteroatoms. The van der Waals surface area contributed by atoms with Gasteiger partial charge in [-0.25, -0.2) is 4.79 Å². The molecule has 0 radical (unpaired) electrons. The van der Waals surface area contributed by atoms with Crippen molar-refractivity contribution in [3.05, 3.63) is 64.5 Å². The number of benzene rings is 2. The summed E-state index contributed by atoms with van der Waals surface area (Å²) >= 11 is 0. The van der Waals surface area contributed by atoms with Gasteiger partial charge in [0.1, 0.15) is 17.9 Å². The molecule has 0 bridgehead atoms. The number of hydrogen-bond acceptors (Lipinski definition) is 4. The number of nitrogens with two attached hydrogens (primary N) is 1. The first kappa shape index (κ1) is 18.3. The van der Waals surface area contributed by atoms with E-state index in [1.165, 1.54) is 11.0 Å². The minimum atomic E-state index is -0.404. The van der Waals surface area contributed by atoms with Crippen LogP contribution in [0.2, 0.25) is 0 Å². The van der Waals surface area contributed by atoms with Gasteiger partial charge in [0.2, 0.25) is 5.91 Å². The van der Waals surface area contributed by atoms with E-state index in [2.05, 4.69) is 0 Å². The molecule has 0 atom stereocenters. The number of carbonyl (C=O) groups excluding carboxylic acids is 1. The zero-order valence-corrected chi connectivity index (χ0v) is 15.5. The molecular weight excluding hydrogens is 356 g/mol. The van der Waals surface area contributed by atoms with Gasteiger partial charge in [-0.2, -0.15) is 0 Å². The molecule has 1 saturated heterocycles. The maximum atomic E-state index is 12.1. The van der Waals surface area contributed by atoms with Crippen LogP contribution in [0.25, 0.3) is 22.1 Å². The number of likely N-dealkylation sites (tertiary alicyclic amines) is 1. The Morgan fingerprint density at radius 1 is 1.14 bits per heavy atom. The lowest BCUT2D eigenvalue weighted by Gasteiger charge is -2.27. The highest BCUT2D eigenvalue weighted by molar-refractivity contribution is 5.88. The molecule has 0 unspecified atom stereocenters. The first-order valence-electron chi connectivity index (χ1n) is 9.49. The topological polar surface area (TPSA) is 98.0 Å². The highest BCUT2D eigenvalue weighted by Gasteiger charge is 2.26. The average Bonchev–Trinajstić information content (AvgIpc) is 2.69. The van der Waals surface area contributed by atoms with Crippen molar-refractivity contribution in [1.82, 2.24) is 0 Å². The van der Waals surface area contributed by atoms with E-state index in [0.717, 1.165) is 42.4 Å². The van der Waals surface area contributed by atoms with E-state index in [1.54, 1.807) is 12.1 Å². The van der Waals surface area contributed by atoms with Crippen LogP contribution in [-0.4, -0.2) is 24.1 Å². The molecule has 1 aromatic heterocycles. The van der Waals surface area contributed by atoms with Crippen molar-refractivity contribution in [2.45, 2.75) is 19.4 Å². The molecule has 28 heavy (non-hydrogen) atoms. The fraction of sp³-hybridized carbons (Fsp3) is 0.273. The molecule has 0 aliphatic carbocycles. The molecule has 2 heterocycles. The third kappa shape index (κ3) is 3.64. The summed E-state index contributed by atoms with van der Waals surface area (Å²) in [5, 5.41) is 11.3. The summed E-state index contributed by atoms with van der Waals surface area (Å²) in [7, 11) is 0. The normalized spacial score (nSPS) is 19.6. The quantitative estimate of drug-likeness (QED) is 0.598. The smallest absolute Gasteiger partial charge is 0.336 e. The Hall–Kier alpha value is -3.12. The molecule has 4 rings (SSSR count). The van der Waals surface area contributed by atoms with E-state index >= 15 is 0 Å². The molecule has 0 spiro atoms. The number of rotatable bonds is 4. The predicted molar refractivity (Wildman–Crippen MR) is 106 cm³/mol. The van der Waals surface area contributed by atoms with Gasteiger partial charge in [-0.1, -0.05) is 30.3 Å². The highest BCUT2D eigenvalue weighted by Crippen LogP contribution is 2.33. The Morgan fingerprint density at radius 3 is 2.54 bits per heavy atom. The number of amides is 1. The van der Waals surface area contributed by atoms with Crippen molar-refractivity contribution >= 4 is 16.9 Å². The summed E-state index contributed by atoms with van der Waals surface area (Å²) in [6.07, 6.45) is 1.51. The van der Waals surface area contributed by atoms with Gasteiger partial charge in [0, 0.05) is 41.3 Å². The van der Waals surface area contributed by atoms with Crippen LogP contribution in [0.1, 0.15) is 18.4 Å². The number of aromatic hydroxyl groups is 1. The van der Waals surface area contributed by atoms with Crippen molar-refractivity contribution in [2.24, 2.45) is 11.7 Å². The van der Waals surface area contributed by atoms with Crippen LogP contribution in [0, 0.1) is 5.92 Å². The van der Waals surface area contributed by atoms with E-state index in [0.29, 0.717) is 17.7 Å². The summed E-state index contributed by atoms with van der Waals surface area (Å²) in [5.41, 5.74) is 7.79. The van der Waals surface area contributed by atoms with Gasteiger partial charge < -0.3 is 20.2 Å². The Balaban J connectivity index is 1.67. The number of piperidine rings is 1. The fourth-order valence-corrected chi connectivity index (χ4v) is 4.01. The molecule has 1 amide bonds. The van der Waals surface area contributed by atoms with Crippen LogP contribution in [0.4, 0.5) is 0 Å². The minimum Gasteiger partial charge on any atom is -0.507 e. The molecule has 6 nitrogen and oxygen atoms in total. The lowest BCUT2D eigenvalue weighted by molar-refractivity contribution is -0.919.